The zero-order valence-electron chi connectivity index (χ0n) is 28.9. The molecule has 4 aromatic heterocycles. The van der Waals surface area contributed by atoms with Crippen LogP contribution in [-0.2, 0) is 0 Å². The molecule has 0 aliphatic heterocycles. The van der Waals surface area contributed by atoms with Gasteiger partial charge in [-0.3, -0.25) is 9.36 Å². The SMILES string of the molecule is C=C/C(=C\C)n1c2ccccc2c2cc3c(cc21)c(=O)n(-c1ccccc1)c1cc2c4ccccc4n(-c4ccc5c(c4)oc4ccccc45)c2cc31. The molecule has 0 aliphatic carbocycles. The highest BCUT2D eigenvalue weighted by molar-refractivity contribution is 6.22. The second-order valence-corrected chi connectivity index (χ2v) is 13.7. The summed E-state index contributed by atoms with van der Waals surface area (Å²) in [6.07, 6.45) is 3.93. The van der Waals surface area contributed by atoms with Crippen LogP contribution in [0.25, 0.3) is 104 Å². The predicted octanol–water partition coefficient (Wildman–Crippen LogP) is 12.3. The van der Waals surface area contributed by atoms with Crippen molar-refractivity contribution in [1.29, 1.82) is 0 Å². The maximum Gasteiger partial charge on any atom is 0.263 e. The number of fused-ring (bicyclic) bond motifs is 12. The van der Waals surface area contributed by atoms with Gasteiger partial charge in [-0.25, -0.2) is 0 Å². The van der Waals surface area contributed by atoms with E-state index >= 15 is 0 Å². The highest BCUT2D eigenvalue weighted by atomic mass is 16.3. The molecule has 0 N–H and O–H groups in total. The van der Waals surface area contributed by atoms with Gasteiger partial charge < -0.3 is 13.6 Å². The van der Waals surface area contributed by atoms with E-state index in [9.17, 15) is 4.79 Å². The van der Waals surface area contributed by atoms with Gasteiger partial charge in [-0.15, -0.1) is 0 Å². The van der Waals surface area contributed by atoms with E-state index in [1.807, 2.05) is 66.1 Å². The molecule has 0 bridgehead atoms. The summed E-state index contributed by atoms with van der Waals surface area (Å²) in [5.41, 5.74) is 9.50. The van der Waals surface area contributed by atoms with E-state index in [4.69, 9.17) is 4.42 Å². The molecule has 11 aromatic rings. The predicted molar refractivity (Wildman–Crippen MR) is 222 cm³/mol. The van der Waals surface area contributed by atoms with E-state index in [1.165, 1.54) is 0 Å². The van der Waals surface area contributed by atoms with Gasteiger partial charge in [-0.2, -0.15) is 0 Å². The number of pyridine rings is 1. The summed E-state index contributed by atoms with van der Waals surface area (Å²) < 4.78 is 12.8. The van der Waals surface area contributed by atoms with Crippen LogP contribution >= 0.6 is 0 Å². The van der Waals surface area contributed by atoms with E-state index < -0.39 is 0 Å². The Morgan fingerprint density at radius 3 is 1.87 bits per heavy atom. The van der Waals surface area contributed by atoms with Gasteiger partial charge in [0, 0.05) is 60.8 Å². The number of nitrogens with zero attached hydrogens (tertiary/aromatic N) is 3. The molecule has 0 atom stereocenters. The second kappa shape index (κ2) is 10.9. The molecule has 0 amide bonds. The summed E-state index contributed by atoms with van der Waals surface area (Å²) >= 11 is 0. The van der Waals surface area contributed by atoms with Crippen LogP contribution in [0.5, 0.6) is 0 Å². The first kappa shape index (κ1) is 29.6. The lowest BCUT2D eigenvalue weighted by atomic mass is 10.0. The van der Waals surface area contributed by atoms with Crippen molar-refractivity contribution < 1.29 is 4.42 Å². The molecule has 0 fully saturated rings. The molecule has 0 radical (unpaired) electrons. The normalized spacial score (nSPS) is 12.5. The first-order valence-corrected chi connectivity index (χ1v) is 17.9. The van der Waals surface area contributed by atoms with Crippen LogP contribution < -0.4 is 5.56 Å². The Hall–Kier alpha value is -7.11. The molecule has 53 heavy (non-hydrogen) atoms. The summed E-state index contributed by atoms with van der Waals surface area (Å²) in [6.45, 7) is 6.14. The summed E-state index contributed by atoms with van der Waals surface area (Å²) in [6, 6.07) is 50.4. The van der Waals surface area contributed by atoms with Crippen molar-refractivity contribution in [2.24, 2.45) is 0 Å². The Balaban J connectivity index is 1.32. The maximum atomic E-state index is 15.0. The molecule has 250 valence electrons. The lowest BCUT2D eigenvalue weighted by Crippen LogP contribution is -2.19. The summed E-state index contributed by atoms with van der Waals surface area (Å²) in [7, 11) is 0. The van der Waals surface area contributed by atoms with E-state index in [1.54, 1.807) is 0 Å². The number of hydrogen-bond acceptors (Lipinski definition) is 2. The van der Waals surface area contributed by atoms with Gasteiger partial charge in [0.25, 0.3) is 5.56 Å². The van der Waals surface area contributed by atoms with E-state index in [0.717, 1.165) is 98.9 Å². The quantitative estimate of drug-likeness (QED) is 0.137. The number of aromatic nitrogens is 3. The van der Waals surface area contributed by atoms with Gasteiger partial charge in [0.15, 0.2) is 0 Å². The molecule has 0 saturated carbocycles. The summed E-state index contributed by atoms with van der Waals surface area (Å²) in [5, 5.41) is 9.17. The van der Waals surface area contributed by atoms with Crippen LogP contribution in [-0.4, -0.2) is 13.7 Å². The first-order valence-electron chi connectivity index (χ1n) is 17.9. The number of benzene rings is 7. The minimum absolute atomic E-state index is 0.0588. The highest BCUT2D eigenvalue weighted by Crippen LogP contribution is 2.41. The van der Waals surface area contributed by atoms with Crippen molar-refractivity contribution in [2.45, 2.75) is 6.92 Å². The topological polar surface area (TPSA) is 45.0 Å². The minimum atomic E-state index is -0.0588. The average molecular weight is 682 g/mol. The van der Waals surface area contributed by atoms with Gasteiger partial charge in [0.05, 0.1) is 33.0 Å². The lowest BCUT2D eigenvalue weighted by Gasteiger charge is -2.15. The Morgan fingerprint density at radius 2 is 1.09 bits per heavy atom. The largest absolute Gasteiger partial charge is 0.456 e. The first-order chi connectivity index (χ1) is 26.1. The molecule has 11 rings (SSSR count). The fourth-order valence-electron chi connectivity index (χ4n) is 8.63. The molecular formula is C48H31N3O2. The third-order valence-corrected chi connectivity index (χ3v) is 11.0. The zero-order valence-corrected chi connectivity index (χ0v) is 28.9. The number of para-hydroxylation sites is 4. The molecule has 4 heterocycles. The zero-order chi connectivity index (χ0) is 35.4. The number of rotatable bonds is 4. The fraction of sp³-hybridized carbons (Fsp3) is 0.0208. The van der Waals surface area contributed by atoms with Crippen LogP contribution in [0.2, 0.25) is 0 Å². The van der Waals surface area contributed by atoms with Crippen LogP contribution in [0.15, 0.2) is 174 Å². The molecule has 0 unspecified atom stereocenters. The summed E-state index contributed by atoms with van der Waals surface area (Å²) in [5.74, 6) is 0. The molecule has 5 heteroatoms. The Morgan fingerprint density at radius 1 is 0.491 bits per heavy atom. The van der Waals surface area contributed by atoms with Crippen molar-refractivity contribution in [3.63, 3.8) is 0 Å². The van der Waals surface area contributed by atoms with Crippen molar-refractivity contribution >= 4 is 92.9 Å². The molecule has 0 saturated heterocycles. The van der Waals surface area contributed by atoms with Crippen molar-refractivity contribution in [2.75, 3.05) is 0 Å². The fourth-order valence-corrected chi connectivity index (χ4v) is 8.63. The van der Waals surface area contributed by atoms with Gasteiger partial charge in [-0.05, 0) is 85.1 Å². The van der Waals surface area contributed by atoms with E-state index in [-0.39, 0.29) is 5.56 Å². The van der Waals surface area contributed by atoms with Gasteiger partial charge in [0.2, 0.25) is 0 Å². The average Bonchev–Trinajstić information content (AvgIpc) is 3.85. The van der Waals surface area contributed by atoms with E-state index in [2.05, 4.69) is 119 Å². The van der Waals surface area contributed by atoms with Gasteiger partial charge >= 0.3 is 0 Å². The maximum absolute atomic E-state index is 15.0. The second-order valence-electron chi connectivity index (χ2n) is 13.7. The van der Waals surface area contributed by atoms with Gasteiger partial charge in [-0.1, -0.05) is 85.5 Å². The van der Waals surface area contributed by atoms with Crippen LogP contribution in [0, 0.1) is 0 Å². The Labute approximate surface area is 303 Å². The lowest BCUT2D eigenvalue weighted by molar-refractivity contribution is 0.668. The molecule has 0 aliphatic rings. The standard InChI is InChI=1S/C48H31N3O2/c1-3-29(4-2)49-41-19-11-8-16-32(41)37-25-36-39-27-43-38(26-45(39)51(30-14-6-5-7-15-30)48(52)40(36)28-44(37)49)33-17-9-12-20-42(33)50(43)31-22-23-35-34-18-10-13-21-46(34)53-47(35)24-31/h3-28H,1H2,2H3/b29-4+. The number of allylic oxidation sites excluding steroid dienone is 3. The minimum Gasteiger partial charge on any atom is -0.456 e. The smallest absolute Gasteiger partial charge is 0.263 e. The number of hydrogen-bond donors (Lipinski definition) is 0. The molecular weight excluding hydrogens is 651 g/mol. The van der Waals surface area contributed by atoms with Crippen LogP contribution in [0.4, 0.5) is 0 Å². The molecule has 7 aromatic carbocycles. The third-order valence-electron chi connectivity index (χ3n) is 11.0. The molecule has 0 spiro atoms. The van der Waals surface area contributed by atoms with Crippen molar-refractivity contribution in [3.8, 4) is 11.4 Å². The van der Waals surface area contributed by atoms with Crippen molar-refractivity contribution in [1.82, 2.24) is 13.7 Å². The van der Waals surface area contributed by atoms with Crippen LogP contribution in [0.3, 0.4) is 0 Å². The van der Waals surface area contributed by atoms with Crippen LogP contribution in [0.1, 0.15) is 6.92 Å². The van der Waals surface area contributed by atoms with Crippen molar-refractivity contribution in [3.05, 3.63) is 175 Å². The van der Waals surface area contributed by atoms with E-state index in [0.29, 0.717) is 5.39 Å². The van der Waals surface area contributed by atoms with Gasteiger partial charge in [0.1, 0.15) is 11.2 Å². The molecule has 5 nitrogen and oxygen atoms in total. The number of furan rings is 1. The highest BCUT2D eigenvalue weighted by Gasteiger charge is 2.21. The monoisotopic (exact) mass is 681 g/mol. The third kappa shape index (κ3) is 4.04. The Kier molecular flexibility index (Phi) is 6.11. The Bertz CT molecular complexity index is 3440. The summed E-state index contributed by atoms with van der Waals surface area (Å²) in [4.78, 5) is 15.0.